The maximum atomic E-state index is 13.5. The molecule has 1 aromatic heterocycles. The van der Waals surface area contributed by atoms with E-state index in [9.17, 15) is 19.3 Å². The summed E-state index contributed by atoms with van der Waals surface area (Å²) in [5, 5.41) is 17.7. The Kier molecular flexibility index (Phi) is 7.12. The van der Waals surface area contributed by atoms with Crippen LogP contribution in [0.4, 0.5) is 15.8 Å². The summed E-state index contributed by atoms with van der Waals surface area (Å²) >= 11 is 0. The Morgan fingerprint density at radius 2 is 2.21 bits per heavy atom. The van der Waals surface area contributed by atoms with Gasteiger partial charge in [-0.25, -0.2) is 4.39 Å². The second kappa shape index (κ2) is 10.4. The molecule has 0 aliphatic carbocycles. The van der Waals surface area contributed by atoms with Crippen LogP contribution < -0.4 is 10.1 Å². The fourth-order valence-electron chi connectivity index (χ4n) is 3.99. The van der Waals surface area contributed by atoms with Gasteiger partial charge in [-0.15, -0.1) is 0 Å². The first-order valence-electron chi connectivity index (χ1n) is 10.9. The quantitative estimate of drug-likeness (QED) is 0.388. The molecular formula is C23H24FN5O5. The third-order valence-corrected chi connectivity index (χ3v) is 5.70. The molecule has 2 heterocycles. The predicted molar refractivity (Wildman–Crippen MR) is 121 cm³/mol. The highest BCUT2D eigenvalue weighted by Crippen LogP contribution is 2.30. The van der Waals surface area contributed by atoms with Gasteiger partial charge in [-0.3, -0.25) is 14.9 Å². The molecule has 0 saturated carbocycles. The Hall–Kier alpha value is -3.86. The van der Waals surface area contributed by atoms with E-state index in [4.69, 9.17) is 9.26 Å². The van der Waals surface area contributed by atoms with Crippen LogP contribution >= 0.6 is 0 Å². The number of amides is 1. The molecule has 1 aliphatic rings. The molecule has 34 heavy (non-hydrogen) atoms. The Morgan fingerprint density at radius 3 is 2.97 bits per heavy atom. The van der Waals surface area contributed by atoms with E-state index in [1.165, 1.54) is 37.4 Å². The molecule has 0 spiro atoms. The van der Waals surface area contributed by atoms with Crippen molar-refractivity contribution in [2.75, 3.05) is 32.1 Å². The molecule has 0 radical (unpaired) electrons. The van der Waals surface area contributed by atoms with Gasteiger partial charge < -0.3 is 19.5 Å². The van der Waals surface area contributed by atoms with Crippen LogP contribution in [0.2, 0.25) is 0 Å². The van der Waals surface area contributed by atoms with Gasteiger partial charge in [-0.05, 0) is 37.6 Å². The van der Waals surface area contributed by atoms with Gasteiger partial charge in [0.15, 0.2) is 0 Å². The molecule has 1 saturated heterocycles. The number of nitro benzene ring substituents is 1. The zero-order valence-corrected chi connectivity index (χ0v) is 18.6. The summed E-state index contributed by atoms with van der Waals surface area (Å²) in [6.45, 7) is 1.98. The molecular weight excluding hydrogens is 445 g/mol. The molecule has 1 fully saturated rings. The molecule has 1 aliphatic heterocycles. The van der Waals surface area contributed by atoms with Crippen molar-refractivity contribution in [3.8, 4) is 17.1 Å². The third-order valence-electron chi connectivity index (χ3n) is 5.70. The molecule has 3 aromatic rings. The number of ether oxygens (including phenoxy) is 1. The van der Waals surface area contributed by atoms with Crippen molar-refractivity contribution in [3.63, 3.8) is 0 Å². The molecule has 1 amide bonds. The first kappa shape index (κ1) is 23.3. The minimum Gasteiger partial charge on any atom is -0.495 e. The van der Waals surface area contributed by atoms with Crippen molar-refractivity contribution in [3.05, 3.63) is 64.3 Å². The van der Waals surface area contributed by atoms with Crippen molar-refractivity contribution in [2.24, 2.45) is 0 Å². The van der Waals surface area contributed by atoms with Gasteiger partial charge in [0.25, 0.3) is 5.69 Å². The number of nitrogens with one attached hydrogen (secondary N) is 1. The molecule has 1 N–H and O–H groups in total. The van der Waals surface area contributed by atoms with Crippen LogP contribution in [0.15, 0.2) is 47.0 Å². The zero-order valence-electron chi connectivity index (χ0n) is 18.6. The summed E-state index contributed by atoms with van der Waals surface area (Å²) in [5.41, 5.74) is 0.678. The summed E-state index contributed by atoms with van der Waals surface area (Å²) in [6, 6.07) is 10.1. The van der Waals surface area contributed by atoms with E-state index in [1.54, 1.807) is 12.1 Å². The van der Waals surface area contributed by atoms with Crippen LogP contribution in [0, 0.1) is 15.9 Å². The average Bonchev–Trinajstić information content (AvgIpc) is 3.33. The normalized spacial score (nSPS) is 16.2. The van der Waals surface area contributed by atoms with Gasteiger partial charge in [0.2, 0.25) is 17.6 Å². The molecule has 2 aromatic carbocycles. The molecule has 1 unspecified atom stereocenters. The third kappa shape index (κ3) is 5.54. The number of non-ortho nitro benzene ring substituents is 1. The van der Waals surface area contributed by atoms with Crippen molar-refractivity contribution < 1.29 is 23.4 Å². The largest absolute Gasteiger partial charge is 0.495 e. The number of hydrogen-bond donors (Lipinski definition) is 1. The lowest BCUT2D eigenvalue weighted by Crippen LogP contribution is -2.36. The Bertz CT molecular complexity index is 1180. The van der Waals surface area contributed by atoms with Gasteiger partial charge in [-0.1, -0.05) is 17.3 Å². The lowest BCUT2D eigenvalue weighted by atomic mass is 9.98. The van der Waals surface area contributed by atoms with Gasteiger partial charge in [0, 0.05) is 37.2 Å². The fourth-order valence-corrected chi connectivity index (χ4v) is 3.99. The first-order valence-corrected chi connectivity index (χ1v) is 10.9. The molecule has 0 bridgehead atoms. The SMILES string of the molecule is COc1ccc([N+](=O)[O-])cc1NC(=O)CCN1CCCC(c2nc(-c3cccc(F)c3)no2)C1. The minimum absolute atomic E-state index is 0.0171. The number of carbonyl (C=O) groups is 1. The number of nitrogens with zero attached hydrogens (tertiary/aromatic N) is 4. The van der Waals surface area contributed by atoms with E-state index in [0.717, 1.165) is 19.4 Å². The van der Waals surface area contributed by atoms with E-state index in [-0.39, 0.29) is 35.4 Å². The van der Waals surface area contributed by atoms with Crippen LogP contribution in [0.25, 0.3) is 11.4 Å². The first-order chi connectivity index (χ1) is 16.4. The highest BCUT2D eigenvalue weighted by molar-refractivity contribution is 5.92. The monoisotopic (exact) mass is 469 g/mol. The maximum absolute atomic E-state index is 13.5. The molecule has 11 heteroatoms. The number of aromatic nitrogens is 2. The summed E-state index contributed by atoms with van der Waals surface area (Å²) in [4.78, 5) is 29.6. The highest BCUT2D eigenvalue weighted by atomic mass is 19.1. The second-order valence-corrected chi connectivity index (χ2v) is 8.05. The van der Waals surface area contributed by atoms with Crippen LogP contribution in [0.3, 0.4) is 0 Å². The smallest absolute Gasteiger partial charge is 0.271 e. The summed E-state index contributed by atoms with van der Waals surface area (Å²) in [6.07, 6.45) is 1.98. The lowest BCUT2D eigenvalue weighted by molar-refractivity contribution is -0.384. The summed E-state index contributed by atoms with van der Waals surface area (Å²) in [7, 11) is 1.43. The number of methoxy groups -OCH3 is 1. The van der Waals surface area contributed by atoms with Crippen LogP contribution in [0.5, 0.6) is 5.75 Å². The summed E-state index contributed by atoms with van der Waals surface area (Å²) < 4.78 is 24.1. The molecule has 1 atom stereocenters. The number of rotatable bonds is 8. The lowest BCUT2D eigenvalue weighted by Gasteiger charge is -2.30. The summed E-state index contributed by atoms with van der Waals surface area (Å²) in [5.74, 6) is 0.568. The van der Waals surface area contributed by atoms with Crippen molar-refractivity contribution in [1.29, 1.82) is 0 Å². The van der Waals surface area contributed by atoms with E-state index in [0.29, 0.717) is 36.1 Å². The van der Waals surface area contributed by atoms with E-state index in [2.05, 4.69) is 20.4 Å². The van der Waals surface area contributed by atoms with Crippen molar-refractivity contribution >= 4 is 17.3 Å². The number of benzene rings is 2. The average molecular weight is 469 g/mol. The van der Waals surface area contributed by atoms with E-state index in [1.807, 2.05) is 0 Å². The second-order valence-electron chi connectivity index (χ2n) is 8.05. The molecule has 10 nitrogen and oxygen atoms in total. The standard InChI is InChI=1S/C23H24FN5O5/c1-33-20-8-7-18(29(31)32)13-19(20)25-21(30)9-11-28-10-3-5-16(14-28)23-26-22(27-34-23)15-4-2-6-17(24)12-15/h2,4,6-8,12-13,16H,3,5,9-11,14H2,1H3,(H,25,30). The fraction of sp³-hybridized carbons (Fsp3) is 0.348. The Balaban J connectivity index is 1.34. The van der Waals surface area contributed by atoms with Crippen LogP contribution in [-0.4, -0.2) is 52.6 Å². The molecule has 4 rings (SSSR count). The maximum Gasteiger partial charge on any atom is 0.271 e. The number of anilines is 1. The van der Waals surface area contributed by atoms with Gasteiger partial charge >= 0.3 is 0 Å². The van der Waals surface area contributed by atoms with E-state index >= 15 is 0 Å². The van der Waals surface area contributed by atoms with Gasteiger partial charge in [0.05, 0.1) is 23.6 Å². The number of halogens is 1. The van der Waals surface area contributed by atoms with Gasteiger partial charge in [-0.2, -0.15) is 4.98 Å². The number of nitro groups is 1. The molecule has 178 valence electrons. The van der Waals surface area contributed by atoms with Crippen LogP contribution in [0.1, 0.15) is 31.1 Å². The Morgan fingerprint density at radius 1 is 1.35 bits per heavy atom. The number of likely N-dealkylation sites (tertiary alicyclic amines) is 1. The zero-order chi connectivity index (χ0) is 24.1. The number of carbonyl (C=O) groups excluding carboxylic acids is 1. The van der Waals surface area contributed by atoms with E-state index < -0.39 is 4.92 Å². The minimum atomic E-state index is -0.528. The van der Waals surface area contributed by atoms with Crippen molar-refractivity contribution in [1.82, 2.24) is 15.0 Å². The topological polar surface area (TPSA) is 124 Å². The predicted octanol–water partition coefficient (Wildman–Crippen LogP) is 4.00. The number of hydrogen-bond acceptors (Lipinski definition) is 8. The van der Waals surface area contributed by atoms with Gasteiger partial charge in [0.1, 0.15) is 11.6 Å². The number of piperidine rings is 1. The Labute approximate surface area is 194 Å². The van der Waals surface area contributed by atoms with Crippen LogP contribution in [-0.2, 0) is 4.79 Å². The van der Waals surface area contributed by atoms with Crippen molar-refractivity contribution in [2.45, 2.75) is 25.2 Å². The highest BCUT2D eigenvalue weighted by Gasteiger charge is 2.26.